The van der Waals surface area contributed by atoms with Gasteiger partial charge in [-0.25, -0.2) is 18.9 Å². The van der Waals surface area contributed by atoms with E-state index in [1.807, 2.05) is 13.8 Å². The van der Waals surface area contributed by atoms with E-state index in [0.29, 0.717) is 98.3 Å². The Morgan fingerprint density at radius 1 is 0.717 bits per heavy atom. The molecule has 4 fully saturated rings. The van der Waals surface area contributed by atoms with Crippen molar-refractivity contribution in [2.45, 2.75) is 109 Å². The number of phosphoric ester groups is 1. The molecule has 113 heavy (non-hydrogen) atoms. The Balaban J connectivity index is 0.0000146. The van der Waals surface area contributed by atoms with E-state index in [0.717, 1.165) is 32.5 Å². The van der Waals surface area contributed by atoms with Crippen LogP contribution in [0.3, 0.4) is 0 Å². The average molecular weight is 1730 g/mol. The number of aromatic nitrogens is 2. The van der Waals surface area contributed by atoms with Crippen molar-refractivity contribution >= 4 is 142 Å². The number of imide groups is 1. The summed E-state index contributed by atoms with van der Waals surface area (Å²) in [5, 5.41) is 8.90. The van der Waals surface area contributed by atoms with Crippen molar-refractivity contribution in [2.75, 3.05) is 160 Å². The van der Waals surface area contributed by atoms with E-state index < -0.39 is 65.9 Å². The van der Waals surface area contributed by atoms with E-state index in [2.05, 4.69) is 25.9 Å². The van der Waals surface area contributed by atoms with Gasteiger partial charge in [0.25, 0.3) is 0 Å². The predicted molar refractivity (Wildman–Crippen MR) is 414 cm³/mol. The molecule has 1 radical (unpaired) electrons. The largest absolute Gasteiger partial charge is 0.779 e. The molecule has 1 unspecified atom stereocenters. The summed E-state index contributed by atoms with van der Waals surface area (Å²) in [6, 6.07) is 8.01. The van der Waals surface area contributed by atoms with E-state index in [4.69, 9.17) is 84.0 Å². The molecule has 0 spiro atoms. The van der Waals surface area contributed by atoms with Crippen molar-refractivity contribution in [2.24, 2.45) is 28.4 Å². The summed E-state index contributed by atoms with van der Waals surface area (Å²) in [6.45, 7) is 11.5. The topological polar surface area (TPSA) is 421 Å². The first-order valence-corrected chi connectivity index (χ1v) is 40.4. The number of nitrogens with one attached hydrogen (secondary N) is 5. The number of likely N-dealkylation sites (N-methyl/N-ethyl adjacent to an activating group) is 2. The summed E-state index contributed by atoms with van der Waals surface area (Å²) >= 11 is 18.2. The number of halogens is 2. The van der Waals surface area contributed by atoms with Crippen molar-refractivity contribution in [1.82, 2.24) is 35.3 Å². The molecule has 2 aromatic heterocycles. The van der Waals surface area contributed by atoms with Gasteiger partial charge in [-0.3, -0.25) is 48.2 Å². The van der Waals surface area contributed by atoms with Crippen LogP contribution in [0.5, 0.6) is 11.5 Å². The second kappa shape index (κ2) is 40.7. The van der Waals surface area contributed by atoms with E-state index in [9.17, 15) is 62.3 Å². The van der Waals surface area contributed by atoms with Crippen LogP contribution in [0.15, 0.2) is 48.8 Å². The van der Waals surface area contributed by atoms with Gasteiger partial charge < -0.3 is 106 Å². The molecule has 3 aromatic carbocycles. The van der Waals surface area contributed by atoms with Crippen LogP contribution in [0.25, 0.3) is 21.8 Å². The van der Waals surface area contributed by atoms with Crippen LogP contribution < -0.4 is 40.7 Å². The SMILES string of the molecule is Cc1c[nH]c2c(OC(=O)N(C)CCN(C)C(=O)OCc3ccc(NC(=O)[C@H](CCCNC(N)=O)CC(=O)[C@@H](NC(=O)CCOCCOCCOCCOCCOCCOCCN4C(=O)CC([S-])C4=O)C(C)C)cc3)cc3c(c12)[C@H](CCl)CN3C(=O)C12CC(C(=O)N3C[C@@H](CCl)c4c3cc(OP(=O)(O)O)c3[nH]cc(C)c43)(C1)C2.[Y]. The van der Waals surface area contributed by atoms with Gasteiger partial charge in [0.05, 0.1) is 125 Å². The van der Waals surface area contributed by atoms with Gasteiger partial charge in [0, 0.05) is 169 Å². The number of urea groups is 1. The number of amides is 10. The van der Waals surface area contributed by atoms with E-state index in [1.165, 1.54) is 30.0 Å². The molecular weight excluding hydrogens is 1630 g/mol. The standard InChI is InChI=1S/C75H100Cl2N11O22PS.Y/c1-44(2)64(83-58(90)13-18-102-20-22-104-24-26-106-28-29-107-27-25-105-23-21-103-19-17-86-59(91)33-57(112)68(86)93)54(89)30-48(8-7-14-79-71(78)96)67(92)82-51-11-9-47(10-12-51)40-108-72(97)84(5)15-16-85(6)73(98)109-55-31-52-62(60-45(3)36-80-65(55)60)49(34-76)38-87(52)69(94)74-41-75(42-74,43-74)70(95)88-39-50(35-77)63-53(88)32-56(110-111(99,100)101)66-61(63)46(4)37-81-66;/h9-12,31-32,36-37,44,48-50,57,64,80-81,112H,7-8,13-30,33-35,38-43H2,1-6H3,(H,82,92)(H,83,90)(H3,78,79,96)(H2,99,100,101);/p-1/t48-,49-,50-,57?,64+,74?,75?;/m1./s1. The van der Waals surface area contributed by atoms with Gasteiger partial charge >= 0.3 is 26.0 Å². The molecular formula is C75H99Cl2N11O22PSY-. The van der Waals surface area contributed by atoms with Gasteiger partial charge in [0.1, 0.15) is 6.61 Å². The molecule has 615 valence electrons. The Labute approximate surface area is 694 Å². The Bertz CT molecular complexity index is 4300. The molecule has 6 aliphatic rings. The number of H-pyrrole nitrogens is 2. The zero-order chi connectivity index (χ0) is 80.8. The Morgan fingerprint density at radius 3 is 1.68 bits per heavy atom. The minimum Gasteiger partial charge on any atom is -0.779 e. The van der Waals surface area contributed by atoms with Crippen molar-refractivity contribution in [1.29, 1.82) is 0 Å². The Hall–Kier alpha value is -7.02. The number of hydrogen-bond acceptors (Lipinski definition) is 21. The third-order valence-corrected chi connectivity index (χ3v) is 22.4. The molecule has 3 aliphatic heterocycles. The van der Waals surface area contributed by atoms with E-state index >= 15 is 0 Å². The minimum atomic E-state index is -5.00. The van der Waals surface area contributed by atoms with Gasteiger partial charge in [-0.1, -0.05) is 31.2 Å². The number of Topliss-reactive ketones (excluding diaryl/α,β-unsaturated/α-hetero) is 1. The molecule has 11 rings (SSSR count). The second-order valence-electron chi connectivity index (χ2n) is 29.3. The van der Waals surface area contributed by atoms with Crippen LogP contribution >= 0.6 is 31.0 Å². The number of hydrogen-bond donors (Lipinski definition) is 8. The molecule has 5 atom stereocenters. The minimum absolute atomic E-state index is 0. The number of carbonyl (C=O) groups excluding carboxylic acids is 10. The number of aryl methyl sites for hydroxylation is 2. The van der Waals surface area contributed by atoms with Crippen LogP contribution in [0.1, 0.15) is 105 Å². The third-order valence-electron chi connectivity index (χ3n) is 20.8. The zero-order valence-corrected chi connectivity index (χ0v) is 70.2. The summed E-state index contributed by atoms with van der Waals surface area (Å²) in [5.41, 5.74) is 9.64. The maximum Gasteiger partial charge on any atom is 0.524 e. The number of carbonyl (C=O) groups is 10. The number of primary amides is 1. The first-order chi connectivity index (χ1) is 53.5. The number of aromatic amines is 2. The van der Waals surface area contributed by atoms with Crippen LogP contribution in [0.4, 0.5) is 31.4 Å². The van der Waals surface area contributed by atoms with Crippen LogP contribution in [-0.2, 0) is 123 Å². The number of benzene rings is 3. The van der Waals surface area contributed by atoms with Crippen molar-refractivity contribution in [3.8, 4) is 11.5 Å². The quantitative estimate of drug-likeness (QED) is 0.00645. The van der Waals surface area contributed by atoms with E-state index in [-0.39, 0.29) is 220 Å². The Kier molecular flexibility index (Phi) is 32.4. The molecule has 5 heterocycles. The number of ether oxygens (including phenoxy) is 8. The maximum atomic E-state index is 15.0. The second-order valence-corrected chi connectivity index (χ2v) is 31.7. The fourth-order valence-corrected chi connectivity index (χ4v) is 16.3. The number of alkyl halides is 2. The number of likely N-dealkylation sites (tertiary alicyclic amines) is 1. The van der Waals surface area contributed by atoms with E-state index in [1.54, 1.807) is 66.4 Å². The molecule has 33 nitrogen and oxygen atoms in total. The van der Waals surface area contributed by atoms with Gasteiger partial charge in [0.2, 0.25) is 35.4 Å². The molecule has 2 bridgehead atoms. The summed E-state index contributed by atoms with van der Waals surface area (Å²) in [4.78, 5) is 166. The summed E-state index contributed by atoms with van der Waals surface area (Å²) in [7, 11) is -1.97. The summed E-state index contributed by atoms with van der Waals surface area (Å²) in [6.07, 6.45) is 3.18. The number of nitrogens with two attached hydrogens (primary N) is 1. The van der Waals surface area contributed by atoms with Gasteiger partial charge in [0.15, 0.2) is 17.3 Å². The van der Waals surface area contributed by atoms with Crippen LogP contribution in [0, 0.1) is 36.5 Å². The molecule has 1 saturated heterocycles. The Morgan fingerprint density at radius 2 is 1.20 bits per heavy atom. The summed E-state index contributed by atoms with van der Waals surface area (Å²) < 4.78 is 62.0. The normalized spacial score (nSPS) is 19.3. The molecule has 5 aromatic rings. The van der Waals surface area contributed by atoms with Crippen molar-refractivity contribution in [3.05, 3.63) is 76.6 Å². The molecule has 3 aliphatic carbocycles. The number of ketones is 1. The molecule has 38 heteroatoms. The molecule has 9 N–H and O–H groups in total. The first-order valence-electron chi connectivity index (χ1n) is 37.3. The smallest absolute Gasteiger partial charge is 0.524 e. The van der Waals surface area contributed by atoms with Crippen LogP contribution in [-0.4, -0.2) is 250 Å². The third kappa shape index (κ3) is 22.2. The fourth-order valence-electron chi connectivity index (χ4n) is 15.1. The van der Waals surface area contributed by atoms with Crippen molar-refractivity contribution in [3.63, 3.8) is 0 Å². The monoisotopic (exact) mass is 1730 g/mol. The number of nitrogens with zero attached hydrogens (tertiary/aromatic N) is 5. The predicted octanol–water partition coefficient (Wildman–Crippen LogP) is 6.91. The number of fused-ring (bicyclic) bond motifs is 6. The van der Waals surface area contributed by atoms with Gasteiger partial charge in [-0.2, -0.15) is 0 Å². The zero-order valence-electron chi connectivity index (χ0n) is 64.2. The van der Waals surface area contributed by atoms with Crippen LogP contribution in [0.2, 0.25) is 0 Å². The number of rotatable bonds is 44. The first kappa shape index (κ1) is 89.9. The maximum absolute atomic E-state index is 15.0. The van der Waals surface area contributed by atoms with Crippen molar-refractivity contribution < 1.29 is 137 Å². The summed E-state index contributed by atoms with van der Waals surface area (Å²) in [5.74, 6) is -3.60. The average Bonchev–Trinajstić information content (AvgIpc) is 0.768. The molecule has 10 amide bonds. The van der Waals surface area contributed by atoms with Gasteiger partial charge in [-0.15, -0.1) is 23.2 Å². The fraction of sp³-hybridized carbons (Fsp3) is 0.573. The van der Waals surface area contributed by atoms with Gasteiger partial charge in [-0.05, 0) is 91.8 Å². The molecule has 3 saturated carbocycles. The number of anilines is 3. The number of phosphoric acid groups is 1.